The van der Waals surface area contributed by atoms with Crippen LogP contribution >= 0.6 is 11.6 Å². The van der Waals surface area contributed by atoms with Crippen LogP contribution in [0.2, 0.25) is 5.02 Å². The Bertz CT molecular complexity index is 1330. The number of nitrogens with zero attached hydrogens (tertiary/aromatic N) is 5. The highest BCUT2D eigenvalue weighted by Crippen LogP contribution is 2.44. The van der Waals surface area contributed by atoms with Gasteiger partial charge in [0.25, 0.3) is 5.56 Å². The Kier molecular flexibility index (Phi) is 4.55. The van der Waals surface area contributed by atoms with E-state index in [-0.39, 0.29) is 5.56 Å². The van der Waals surface area contributed by atoms with Gasteiger partial charge in [0, 0.05) is 27.8 Å². The molecule has 0 amide bonds. The SMILES string of the molecule is COc1ccc([C@H]2c3c(-c4ccc(Cl)cc4)n[nH]c(=O)c3Nc3nnnn32)c(OC)c1. The predicted octanol–water partition coefficient (Wildman–Crippen LogP) is 2.79. The molecule has 156 valence electrons. The molecule has 0 bridgehead atoms. The van der Waals surface area contributed by atoms with Crippen molar-refractivity contribution < 1.29 is 9.47 Å². The summed E-state index contributed by atoms with van der Waals surface area (Å²) in [6.07, 6.45) is 0. The predicted molar refractivity (Wildman–Crippen MR) is 113 cm³/mol. The number of tetrazole rings is 1. The van der Waals surface area contributed by atoms with Crippen LogP contribution in [-0.4, -0.2) is 44.6 Å². The van der Waals surface area contributed by atoms with Gasteiger partial charge in [0.15, 0.2) is 0 Å². The zero-order chi connectivity index (χ0) is 21.5. The standard InChI is InChI=1S/C20H16ClN7O3/c1-30-12-7-8-13(14(9-12)31-2)18-15-16(10-3-5-11(21)6-4-10)23-24-19(29)17(15)22-20-25-26-27-28(18)20/h3-9,18H,1-2H3,(H,24,29)(H,22,25,27)/t18-/m0/s1. The fourth-order valence-corrected chi connectivity index (χ4v) is 3.82. The smallest absolute Gasteiger partial charge is 0.288 e. The van der Waals surface area contributed by atoms with Crippen LogP contribution in [0.5, 0.6) is 11.5 Å². The van der Waals surface area contributed by atoms with Crippen molar-refractivity contribution in [3.63, 3.8) is 0 Å². The van der Waals surface area contributed by atoms with Gasteiger partial charge in [-0.25, -0.2) is 5.10 Å². The van der Waals surface area contributed by atoms with Crippen LogP contribution in [0, 0.1) is 0 Å². The Morgan fingerprint density at radius 3 is 2.65 bits per heavy atom. The second-order valence-electron chi connectivity index (χ2n) is 6.78. The first-order valence-corrected chi connectivity index (χ1v) is 9.64. The lowest BCUT2D eigenvalue weighted by atomic mass is 9.92. The fourth-order valence-electron chi connectivity index (χ4n) is 3.70. The van der Waals surface area contributed by atoms with Gasteiger partial charge in [-0.1, -0.05) is 28.8 Å². The van der Waals surface area contributed by atoms with Crippen LogP contribution in [0.15, 0.2) is 47.3 Å². The van der Waals surface area contributed by atoms with Crippen molar-refractivity contribution in [2.45, 2.75) is 6.04 Å². The lowest BCUT2D eigenvalue weighted by Gasteiger charge is -2.28. The Labute approximate surface area is 180 Å². The molecule has 0 saturated carbocycles. The van der Waals surface area contributed by atoms with Gasteiger partial charge in [0.2, 0.25) is 5.95 Å². The van der Waals surface area contributed by atoms with E-state index < -0.39 is 6.04 Å². The lowest BCUT2D eigenvalue weighted by Crippen LogP contribution is -2.29. The summed E-state index contributed by atoms with van der Waals surface area (Å²) in [6.45, 7) is 0. The maximum Gasteiger partial charge on any atom is 0.288 e. The van der Waals surface area contributed by atoms with E-state index in [9.17, 15) is 4.79 Å². The van der Waals surface area contributed by atoms with Crippen LogP contribution in [0.1, 0.15) is 17.2 Å². The highest BCUT2D eigenvalue weighted by atomic mass is 35.5. The van der Waals surface area contributed by atoms with E-state index in [0.717, 1.165) is 11.1 Å². The van der Waals surface area contributed by atoms with E-state index in [0.29, 0.717) is 39.4 Å². The number of rotatable bonds is 4. The molecule has 1 aliphatic rings. The van der Waals surface area contributed by atoms with Gasteiger partial charge < -0.3 is 14.8 Å². The van der Waals surface area contributed by atoms with E-state index in [1.165, 1.54) is 0 Å². The largest absolute Gasteiger partial charge is 0.497 e. The van der Waals surface area contributed by atoms with E-state index >= 15 is 0 Å². The Morgan fingerprint density at radius 2 is 1.90 bits per heavy atom. The van der Waals surface area contributed by atoms with Crippen LogP contribution in [0.4, 0.5) is 11.6 Å². The molecule has 2 aromatic carbocycles. The molecule has 5 rings (SSSR count). The van der Waals surface area contributed by atoms with Gasteiger partial charge in [-0.2, -0.15) is 9.78 Å². The van der Waals surface area contributed by atoms with Crippen molar-refractivity contribution in [3.05, 3.63) is 69.0 Å². The third kappa shape index (κ3) is 3.08. The second-order valence-corrected chi connectivity index (χ2v) is 7.22. The molecule has 1 aliphatic heterocycles. The maximum absolute atomic E-state index is 12.7. The van der Waals surface area contributed by atoms with E-state index in [2.05, 4.69) is 31.0 Å². The van der Waals surface area contributed by atoms with Crippen molar-refractivity contribution in [1.82, 2.24) is 30.4 Å². The molecule has 0 aliphatic carbocycles. The minimum absolute atomic E-state index is 0.310. The molecule has 11 heteroatoms. The highest BCUT2D eigenvalue weighted by Gasteiger charge is 2.36. The molecular formula is C20H16ClN7O3. The molecule has 1 atom stereocenters. The zero-order valence-electron chi connectivity index (χ0n) is 16.5. The van der Waals surface area contributed by atoms with Gasteiger partial charge in [0.1, 0.15) is 23.2 Å². The quantitative estimate of drug-likeness (QED) is 0.440. The number of halogens is 1. The minimum atomic E-state index is -0.581. The number of methoxy groups -OCH3 is 2. The third-order valence-electron chi connectivity index (χ3n) is 5.12. The zero-order valence-corrected chi connectivity index (χ0v) is 17.2. The van der Waals surface area contributed by atoms with Crippen molar-refractivity contribution in [1.29, 1.82) is 0 Å². The Morgan fingerprint density at radius 1 is 1.10 bits per heavy atom. The summed E-state index contributed by atoms with van der Waals surface area (Å²) in [5.74, 6) is 1.52. The summed E-state index contributed by atoms with van der Waals surface area (Å²) >= 11 is 6.06. The van der Waals surface area contributed by atoms with Crippen molar-refractivity contribution in [3.8, 4) is 22.8 Å². The average molecular weight is 438 g/mol. The molecule has 0 saturated heterocycles. The van der Waals surface area contributed by atoms with Gasteiger partial charge in [-0.15, -0.1) is 0 Å². The summed E-state index contributed by atoms with van der Waals surface area (Å²) in [7, 11) is 3.15. The van der Waals surface area contributed by atoms with Crippen LogP contribution in [-0.2, 0) is 0 Å². The van der Waals surface area contributed by atoms with Crippen LogP contribution in [0.25, 0.3) is 11.3 Å². The van der Waals surface area contributed by atoms with Crippen molar-refractivity contribution in [2.24, 2.45) is 0 Å². The van der Waals surface area contributed by atoms with Crippen molar-refractivity contribution >= 4 is 23.2 Å². The van der Waals surface area contributed by atoms with E-state index in [4.69, 9.17) is 21.1 Å². The normalized spacial score (nSPS) is 14.4. The number of ether oxygens (including phenoxy) is 2. The Balaban J connectivity index is 1.82. The molecule has 0 unspecified atom stereocenters. The second kappa shape index (κ2) is 7.40. The molecule has 0 fully saturated rings. The molecule has 10 nitrogen and oxygen atoms in total. The third-order valence-corrected chi connectivity index (χ3v) is 5.37. The number of hydrogen-bond acceptors (Lipinski definition) is 8. The summed E-state index contributed by atoms with van der Waals surface area (Å²) in [5.41, 5.74) is 2.59. The minimum Gasteiger partial charge on any atom is -0.497 e. The molecule has 4 aromatic rings. The number of anilines is 2. The van der Waals surface area contributed by atoms with Crippen molar-refractivity contribution in [2.75, 3.05) is 19.5 Å². The molecule has 0 radical (unpaired) electrons. The van der Waals surface area contributed by atoms with Gasteiger partial charge in [-0.3, -0.25) is 4.79 Å². The molecule has 31 heavy (non-hydrogen) atoms. The molecular weight excluding hydrogens is 422 g/mol. The number of nitrogens with one attached hydrogen (secondary N) is 2. The first-order valence-electron chi connectivity index (χ1n) is 9.26. The maximum atomic E-state index is 12.7. The number of aromatic amines is 1. The van der Waals surface area contributed by atoms with Crippen LogP contribution < -0.4 is 20.3 Å². The van der Waals surface area contributed by atoms with Crippen LogP contribution in [0.3, 0.4) is 0 Å². The van der Waals surface area contributed by atoms with E-state index in [1.54, 1.807) is 37.1 Å². The summed E-state index contributed by atoms with van der Waals surface area (Å²) in [4.78, 5) is 12.7. The fraction of sp³-hybridized carbons (Fsp3) is 0.150. The summed E-state index contributed by atoms with van der Waals surface area (Å²) in [5, 5.41) is 22.5. The number of benzene rings is 2. The molecule has 0 spiro atoms. The summed E-state index contributed by atoms with van der Waals surface area (Å²) < 4.78 is 12.6. The molecule has 2 N–H and O–H groups in total. The Hall–Kier alpha value is -3.92. The summed E-state index contributed by atoms with van der Waals surface area (Å²) in [6, 6.07) is 12.0. The van der Waals surface area contributed by atoms with Gasteiger partial charge >= 0.3 is 0 Å². The number of aromatic nitrogens is 6. The number of hydrogen-bond donors (Lipinski definition) is 2. The first kappa shape index (κ1) is 19.1. The van der Waals surface area contributed by atoms with Gasteiger partial charge in [0.05, 0.1) is 19.9 Å². The average Bonchev–Trinajstić information content (AvgIpc) is 3.27. The first-order chi connectivity index (χ1) is 15.1. The number of H-pyrrole nitrogens is 1. The lowest BCUT2D eigenvalue weighted by molar-refractivity contribution is 0.386. The highest BCUT2D eigenvalue weighted by molar-refractivity contribution is 6.30. The topological polar surface area (TPSA) is 120 Å². The molecule has 3 heterocycles. The number of fused-ring (bicyclic) bond motifs is 2. The van der Waals surface area contributed by atoms with Gasteiger partial charge in [-0.05, 0) is 34.7 Å². The van der Waals surface area contributed by atoms with E-state index in [1.807, 2.05) is 24.3 Å². The monoisotopic (exact) mass is 437 g/mol. The molecule has 2 aromatic heterocycles.